The molecule has 72 heavy (non-hydrogen) atoms. The molecule has 2 N–H and O–H groups in total. The molecule has 0 spiro atoms. The summed E-state index contributed by atoms with van der Waals surface area (Å²) < 4.78 is 17.5. The van der Waals surface area contributed by atoms with Crippen molar-refractivity contribution in [1.82, 2.24) is 24.5 Å². The lowest BCUT2D eigenvalue weighted by Gasteiger charge is -2.26. The second kappa shape index (κ2) is 31.3. The van der Waals surface area contributed by atoms with E-state index in [1.807, 2.05) is 53.4 Å². The van der Waals surface area contributed by atoms with E-state index in [9.17, 15) is 9.59 Å². The number of thiol groups is 1. The number of ether oxygens (including phenoxy) is 2. The van der Waals surface area contributed by atoms with Crippen molar-refractivity contribution >= 4 is 51.0 Å². The Morgan fingerprint density at radius 3 is 1.86 bits per heavy atom. The molecule has 0 atom stereocenters. The van der Waals surface area contributed by atoms with Crippen LogP contribution in [0.3, 0.4) is 0 Å². The first-order chi connectivity index (χ1) is 35.4. The van der Waals surface area contributed by atoms with Crippen molar-refractivity contribution in [2.45, 2.75) is 19.4 Å². The average Bonchev–Trinajstić information content (AvgIpc) is 4.07. The first-order valence-electron chi connectivity index (χ1n) is 19.6. The summed E-state index contributed by atoms with van der Waals surface area (Å²) in [6.07, 6.45) is 12.8. The zero-order chi connectivity index (χ0) is 51.6. The molecule has 18 nitrogen and oxygen atoms in total. The summed E-state index contributed by atoms with van der Waals surface area (Å²) in [7, 11) is 3.17. The molecule has 0 bridgehead atoms. The third-order valence-electron chi connectivity index (χ3n) is 8.29. The first-order valence-corrected chi connectivity index (χ1v) is 20.8. The minimum atomic E-state index is -0.288. The van der Waals surface area contributed by atoms with E-state index in [-0.39, 0.29) is 31.2 Å². The number of nitrogens with zero attached hydrogens (tertiary/aromatic N) is 9. The third-order valence-corrected chi connectivity index (χ3v) is 9.63. The summed E-state index contributed by atoms with van der Waals surface area (Å²) in [5.41, 5.74) is 8.86. The van der Waals surface area contributed by atoms with E-state index in [0.717, 1.165) is 39.2 Å². The smallest absolute Gasteiger partial charge is 0.352 e. The molecule has 4 heterocycles. The molecule has 1 aliphatic rings. The van der Waals surface area contributed by atoms with Gasteiger partial charge in [-0.1, -0.05) is 40.6 Å². The van der Waals surface area contributed by atoms with Crippen molar-refractivity contribution in [3.8, 4) is 166 Å². The Labute approximate surface area is 437 Å². The summed E-state index contributed by atoms with van der Waals surface area (Å²) >= 11 is 4.56. The Bertz CT molecular complexity index is 3710. The van der Waals surface area contributed by atoms with Gasteiger partial charge >= 0.3 is 5.69 Å². The number of carbonyl (C=O) groups excluding carboxylic acids is 1. The van der Waals surface area contributed by atoms with Gasteiger partial charge in [0.25, 0.3) is 5.91 Å². The number of anilines is 1. The minimum Gasteiger partial charge on any atom is -0.493 e. The van der Waals surface area contributed by atoms with Crippen LogP contribution >= 0.6 is 24.2 Å². The highest BCUT2D eigenvalue weighted by Gasteiger charge is 2.30. The maximum atomic E-state index is 13.5. The fourth-order valence-electron chi connectivity index (χ4n) is 5.63. The SMILES string of the molecule is C#CC#CC#CC#CC#CC#CC#CC#CC#CC#CC#CC#CC#C.COc1ccc(Cn2c(=O)n3ncnc3c3c4c(sc32)N(C(=O)c2ccccc2)CCC4)cc1OC.N=N/N=N/N(OO)OOS.[HH].[HH].[HH].[HH].[HH].[HH].[HH].[HH].[HH].[HH]. The average molecular weight is 1010 g/mol. The van der Waals surface area contributed by atoms with Gasteiger partial charge in [0.1, 0.15) is 16.2 Å². The van der Waals surface area contributed by atoms with E-state index in [1.54, 1.807) is 18.8 Å². The zero-order valence-electron chi connectivity index (χ0n) is 37.4. The molecule has 366 valence electrons. The second-order valence-corrected chi connectivity index (χ2v) is 13.5. The molecule has 20 heteroatoms. The van der Waals surface area contributed by atoms with Gasteiger partial charge in [-0.25, -0.2) is 15.0 Å². The number of thiophene rings is 1. The predicted molar refractivity (Wildman–Crippen MR) is 289 cm³/mol. The summed E-state index contributed by atoms with van der Waals surface area (Å²) in [6.45, 7) is 0.925. The van der Waals surface area contributed by atoms with Gasteiger partial charge < -0.3 is 9.47 Å². The van der Waals surface area contributed by atoms with Gasteiger partial charge in [0.05, 0.1) is 31.5 Å². The number of nitrogens with one attached hydrogen (secondary N) is 1. The van der Waals surface area contributed by atoms with Gasteiger partial charge in [-0.3, -0.25) is 14.3 Å². The van der Waals surface area contributed by atoms with Crippen molar-refractivity contribution in [3.05, 3.63) is 82.0 Å². The van der Waals surface area contributed by atoms with E-state index >= 15 is 0 Å². The number of hydrogen-bond acceptors (Lipinski definition) is 14. The van der Waals surface area contributed by atoms with E-state index in [1.165, 1.54) is 22.2 Å². The predicted octanol–water partition coefficient (Wildman–Crippen LogP) is 7.23. The number of fused-ring (bicyclic) bond motifs is 5. The third kappa shape index (κ3) is 16.6. The largest absolute Gasteiger partial charge is 0.493 e. The molecule has 0 saturated carbocycles. The van der Waals surface area contributed by atoms with Crippen LogP contribution in [0.4, 0.5) is 5.00 Å². The Hall–Kier alpha value is -10.7. The van der Waals surface area contributed by atoms with Gasteiger partial charge in [-0.05, 0) is 153 Å². The topological polar surface area (TPSA) is 203 Å². The van der Waals surface area contributed by atoms with E-state index in [2.05, 4.69) is 195 Å². The molecule has 1 amide bonds. The molecule has 2 aromatic carbocycles. The molecule has 0 saturated heterocycles. The van der Waals surface area contributed by atoms with Crippen LogP contribution < -0.4 is 20.1 Å². The number of hydrogen-bond donors (Lipinski definition) is 3. The number of aryl methyl sites for hydroxylation is 1. The van der Waals surface area contributed by atoms with Crippen molar-refractivity contribution in [2.24, 2.45) is 15.7 Å². The van der Waals surface area contributed by atoms with Crippen LogP contribution in [0.1, 0.15) is 42.2 Å². The summed E-state index contributed by atoms with van der Waals surface area (Å²) in [5.74, 6) is 59.3. The number of methoxy groups -OCH3 is 2. The van der Waals surface area contributed by atoms with Crippen LogP contribution in [0.25, 0.3) is 15.9 Å². The molecule has 5 aromatic rings. The van der Waals surface area contributed by atoms with Crippen LogP contribution in [-0.2, 0) is 27.3 Å². The highest BCUT2D eigenvalue weighted by molar-refractivity contribution is 7.74. The molecular formula is C52H48N10O8S2. The highest BCUT2D eigenvalue weighted by atomic mass is 32.1. The van der Waals surface area contributed by atoms with Gasteiger partial charge in [-0.15, -0.1) is 17.2 Å². The molecule has 0 fully saturated rings. The van der Waals surface area contributed by atoms with Gasteiger partial charge in [-0.2, -0.15) is 15.1 Å². The number of carbonyl (C=O) groups is 1. The molecule has 0 radical (unpaired) electrons. The van der Waals surface area contributed by atoms with Crippen molar-refractivity contribution < 1.29 is 48.1 Å². The van der Waals surface area contributed by atoms with Crippen LogP contribution in [0.2, 0.25) is 0 Å². The van der Waals surface area contributed by atoms with E-state index in [0.29, 0.717) is 35.8 Å². The minimum absolute atomic E-state index is 0. The molecule has 3 aromatic heterocycles. The maximum absolute atomic E-state index is 13.5. The summed E-state index contributed by atoms with van der Waals surface area (Å²) in [4.78, 5) is 41.1. The van der Waals surface area contributed by atoms with Crippen molar-refractivity contribution in [2.75, 3.05) is 25.7 Å². The van der Waals surface area contributed by atoms with Crippen LogP contribution in [-0.4, -0.2) is 56.4 Å². The molecule has 0 aliphatic carbocycles. The standard InChI is InChI=1S/C26H23N5O4S.C26H2.H3N5O4S.10H2/c1-34-19-11-10-16(13-20(19)35-2)14-30-25-21(22-27-15-28-31(22)26(30)33)18-9-6-12-29(24(18)36-25)23(32)17-7-4-3-5-8-17;1-3-5-7-9-11-13-15-17-19-21-23-25-26-24-22-20-18-16-14-12-10-8-6-4-2;1-2-3-4-5(7-6)8-9-10;;;;;;;;;;/h3-5,7-8,10-11,13,15H,6,9,12,14H2,1-2H3;1-2H;1,6,10H;10*1H/b;;2-1?,4-3+;;;;;;;;;;. The molecule has 6 rings (SSSR count). The molecule has 1 aliphatic heterocycles. The Kier molecular flexibility index (Phi) is 23.4. The maximum Gasteiger partial charge on any atom is 0.352 e. The summed E-state index contributed by atoms with van der Waals surface area (Å²) in [5, 5.41) is 21.7. The zero-order valence-corrected chi connectivity index (χ0v) is 39.1. The van der Waals surface area contributed by atoms with Crippen molar-refractivity contribution in [1.29, 1.82) is 5.53 Å². The second-order valence-electron chi connectivity index (χ2n) is 12.3. The number of amides is 1. The quantitative estimate of drug-likeness (QED) is 0.0318. The van der Waals surface area contributed by atoms with Crippen LogP contribution in [0.5, 0.6) is 11.5 Å². The number of benzene rings is 2. The molecule has 0 unspecified atom stereocenters. The first kappa shape index (κ1) is 53.9. The number of aromatic nitrogens is 4. The van der Waals surface area contributed by atoms with Crippen molar-refractivity contribution in [3.63, 3.8) is 0 Å². The monoisotopic (exact) mass is 1000 g/mol. The molecular weight excluding hydrogens is 957 g/mol. The van der Waals surface area contributed by atoms with E-state index < -0.39 is 0 Å². The van der Waals surface area contributed by atoms with Crippen LogP contribution in [0.15, 0.2) is 75.3 Å². The number of rotatable bonds is 10. The fraction of sp³-hybridized carbons (Fsp3) is 0.115. The number of terminal acetylenes is 2. The Morgan fingerprint density at radius 1 is 0.833 bits per heavy atom. The van der Waals surface area contributed by atoms with Crippen LogP contribution in [0, 0.1) is 160 Å². The summed E-state index contributed by atoms with van der Waals surface area (Å²) in [6, 6.07) is 14.9. The Morgan fingerprint density at radius 2 is 1.38 bits per heavy atom. The fourth-order valence-corrected chi connectivity index (χ4v) is 7.06. The van der Waals surface area contributed by atoms with E-state index in [4.69, 9.17) is 33.1 Å². The highest BCUT2D eigenvalue weighted by Crippen LogP contribution is 2.43. The van der Waals surface area contributed by atoms with Gasteiger partial charge in [0.2, 0.25) is 0 Å². The normalized spacial score (nSPS) is 9.39. The van der Waals surface area contributed by atoms with Gasteiger partial charge in [0.15, 0.2) is 17.1 Å². The Balaban J connectivity index is -0.000000219. The lowest BCUT2D eigenvalue weighted by atomic mass is 10.0. The van der Waals surface area contributed by atoms with Gasteiger partial charge in [0, 0.05) is 97.4 Å². The lowest BCUT2D eigenvalue weighted by molar-refractivity contribution is -0.572. The lowest BCUT2D eigenvalue weighted by Crippen LogP contribution is -2.34.